The molecule has 1 aliphatic carbocycles. The van der Waals surface area contributed by atoms with Crippen molar-refractivity contribution in [3.05, 3.63) is 12.1 Å². The minimum atomic E-state index is -0.569. The number of aromatic nitrogens is 1. The highest BCUT2D eigenvalue weighted by Crippen LogP contribution is 2.30. The molecule has 1 unspecified atom stereocenters. The van der Waals surface area contributed by atoms with Gasteiger partial charge in [-0.15, -0.1) is 0 Å². The average Bonchev–Trinajstić information content (AvgIpc) is 3.21. The third-order valence-corrected chi connectivity index (χ3v) is 2.92. The summed E-state index contributed by atoms with van der Waals surface area (Å²) >= 11 is 0. The lowest BCUT2D eigenvalue weighted by Gasteiger charge is -2.13. The molecule has 0 saturated heterocycles. The Labute approximate surface area is 112 Å². The van der Waals surface area contributed by atoms with Crippen molar-refractivity contribution in [1.82, 2.24) is 4.98 Å². The molecule has 1 atom stereocenters. The molecule has 0 aromatic carbocycles. The van der Waals surface area contributed by atoms with E-state index < -0.39 is 6.10 Å². The van der Waals surface area contributed by atoms with E-state index in [1.807, 2.05) is 0 Å². The molecule has 0 amide bonds. The van der Waals surface area contributed by atoms with Crippen molar-refractivity contribution < 1.29 is 14.6 Å². The summed E-state index contributed by atoms with van der Waals surface area (Å²) in [7, 11) is 1.55. The monoisotopic (exact) mass is 267 g/mol. The second-order valence-corrected chi connectivity index (χ2v) is 4.84. The van der Waals surface area contributed by atoms with Crippen molar-refractivity contribution >= 4 is 11.5 Å². The number of anilines is 2. The molecule has 0 bridgehead atoms. The van der Waals surface area contributed by atoms with Crippen LogP contribution in [0.25, 0.3) is 0 Å². The maximum Gasteiger partial charge on any atom is 0.239 e. The normalized spacial score (nSPS) is 16.1. The van der Waals surface area contributed by atoms with Crippen LogP contribution in [-0.4, -0.2) is 43.1 Å². The standard InChI is InChI=1S/C13H21N3O3/c1-18-8-10(17)6-15-12-5-4-11(14)13(16-12)19-7-9-2-3-9/h4-5,9-10,17H,2-3,6-8,14H2,1H3,(H,15,16). The minimum absolute atomic E-state index is 0.285. The maximum atomic E-state index is 9.55. The van der Waals surface area contributed by atoms with E-state index >= 15 is 0 Å². The summed E-state index contributed by atoms with van der Waals surface area (Å²) < 4.78 is 10.4. The van der Waals surface area contributed by atoms with E-state index in [1.54, 1.807) is 19.2 Å². The van der Waals surface area contributed by atoms with E-state index in [0.717, 1.165) is 0 Å². The quantitative estimate of drug-likeness (QED) is 0.647. The van der Waals surface area contributed by atoms with E-state index in [4.69, 9.17) is 15.2 Å². The van der Waals surface area contributed by atoms with Crippen LogP contribution >= 0.6 is 0 Å². The second kappa shape index (κ2) is 6.58. The summed E-state index contributed by atoms with van der Waals surface area (Å²) in [6.07, 6.45) is 1.88. The highest BCUT2D eigenvalue weighted by atomic mass is 16.5. The fourth-order valence-corrected chi connectivity index (χ4v) is 1.62. The highest BCUT2D eigenvalue weighted by molar-refractivity contribution is 5.53. The lowest BCUT2D eigenvalue weighted by molar-refractivity contribution is 0.0727. The predicted molar refractivity (Wildman–Crippen MR) is 73.2 cm³/mol. The molecule has 1 fully saturated rings. The summed E-state index contributed by atoms with van der Waals surface area (Å²) in [4.78, 5) is 4.29. The topological polar surface area (TPSA) is 89.6 Å². The Balaban J connectivity index is 1.87. The molecular weight excluding hydrogens is 246 g/mol. The van der Waals surface area contributed by atoms with Gasteiger partial charge in [0.15, 0.2) is 0 Å². The molecular formula is C13H21N3O3. The lowest BCUT2D eigenvalue weighted by atomic mass is 10.3. The van der Waals surface area contributed by atoms with Gasteiger partial charge < -0.3 is 25.6 Å². The molecule has 19 heavy (non-hydrogen) atoms. The van der Waals surface area contributed by atoms with Gasteiger partial charge in [0.1, 0.15) is 5.82 Å². The minimum Gasteiger partial charge on any atom is -0.476 e. The number of methoxy groups -OCH3 is 1. The highest BCUT2D eigenvalue weighted by Gasteiger charge is 2.22. The zero-order valence-corrected chi connectivity index (χ0v) is 11.1. The number of nitrogens with zero attached hydrogens (tertiary/aromatic N) is 1. The molecule has 0 aliphatic heterocycles. The molecule has 1 aromatic rings. The first-order valence-corrected chi connectivity index (χ1v) is 6.49. The molecule has 6 nitrogen and oxygen atoms in total. The van der Waals surface area contributed by atoms with Gasteiger partial charge >= 0.3 is 0 Å². The molecule has 0 radical (unpaired) electrons. The average molecular weight is 267 g/mol. The van der Waals surface area contributed by atoms with Crippen LogP contribution in [0.5, 0.6) is 5.88 Å². The van der Waals surface area contributed by atoms with Crippen LogP contribution < -0.4 is 15.8 Å². The first-order valence-electron chi connectivity index (χ1n) is 6.49. The van der Waals surface area contributed by atoms with Crippen LogP contribution in [0.15, 0.2) is 12.1 Å². The summed E-state index contributed by atoms with van der Waals surface area (Å²) in [5, 5.41) is 12.6. The fourth-order valence-electron chi connectivity index (χ4n) is 1.62. The number of pyridine rings is 1. The third kappa shape index (κ3) is 4.57. The molecule has 106 valence electrons. The number of nitrogens with two attached hydrogens (primary N) is 1. The van der Waals surface area contributed by atoms with Gasteiger partial charge in [-0.1, -0.05) is 0 Å². The molecule has 2 rings (SSSR count). The SMILES string of the molecule is COCC(O)CNc1ccc(N)c(OCC2CC2)n1. The van der Waals surface area contributed by atoms with Crippen LogP contribution in [0.2, 0.25) is 0 Å². The maximum absolute atomic E-state index is 9.55. The van der Waals surface area contributed by atoms with Crippen molar-refractivity contribution in [2.24, 2.45) is 5.92 Å². The smallest absolute Gasteiger partial charge is 0.239 e. The Bertz CT molecular complexity index is 410. The Morgan fingerprint density at radius 3 is 3.00 bits per heavy atom. The van der Waals surface area contributed by atoms with Crippen molar-refractivity contribution in [3.8, 4) is 5.88 Å². The predicted octanol–water partition coefficient (Wildman–Crippen LogP) is 0.872. The Morgan fingerprint density at radius 2 is 2.32 bits per heavy atom. The van der Waals surface area contributed by atoms with Crippen molar-refractivity contribution in [2.75, 3.05) is 37.9 Å². The molecule has 6 heteroatoms. The number of hydrogen-bond donors (Lipinski definition) is 3. The van der Waals surface area contributed by atoms with E-state index in [0.29, 0.717) is 36.5 Å². The van der Waals surface area contributed by atoms with Gasteiger partial charge in [-0.2, -0.15) is 4.98 Å². The number of hydrogen-bond acceptors (Lipinski definition) is 6. The summed E-state index contributed by atoms with van der Waals surface area (Å²) in [6.45, 7) is 1.33. The Kier molecular flexibility index (Phi) is 4.81. The molecule has 1 aromatic heterocycles. The summed E-state index contributed by atoms with van der Waals surface area (Å²) in [5.74, 6) is 1.75. The second-order valence-electron chi connectivity index (χ2n) is 4.84. The zero-order valence-electron chi connectivity index (χ0n) is 11.1. The number of rotatable bonds is 8. The number of nitrogens with one attached hydrogen (secondary N) is 1. The van der Waals surface area contributed by atoms with Crippen LogP contribution in [-0.2, 0) is 4.74 Å². The van der Waals surface area contributed by atoms with Crippen molar-refractivity contribution in [1.29, 1.82) is 0 Å². The lowest BCUT2D eigenvalue weighted by Crippen LogP contribution is -2.24. The van der Waals surface area contributed by atoms with Gasteiger partial charge in [0.05, 0.1) is 25.0 Å². The molecule has 4 N–H and O–H groups in total. The zero-order chi connectivity index (χ0) is 13.7. The number of aliphatic hydroxyl groups is 1. The fraction of sp³-hybridized carbons (Fsp3) is 0.615. The van der Waals surface area contributed by atoms with E-state index in [1.165, 1.54) is 12.8 Å². The van der Waals surface area contributed by atoms with E-state index in [-0.39, 0.29) is 6.61 Å². The number of aliphatic hydroxyl groups excluding tert-OH is 1. The van der Waals surface area contributed by atoms with Gasteiger partial charge in [-0.05, 0) is 30.9 Å². The van der Waals surface area contributed by atoms with Crippen LogP contribution in [0.3, 0.4) is 0 Å². The first-order chi connectivity index (χ1) is 9.19. The van der Waals surface area contributed by atoms with Crippen molar-refractivity contribution in [2.45, 2.75) is 18.9 Å². The number of nitrogen functional groups attached to an aromatic ring is 1. The molecule has 0 spiro atoms. The Morgan fingerprint density at radius 1 is 1.53 bits per heavy atom. The van der Waals surface area contributed by atoms with Crippen LogP contribution in [0, 0.1) is 5.92 Å². The van der Waals surface area contributed by atoms with Gasteiger partial charge in [-0.25, -0.2) is 0 Å². The van der Waals surface area contributed by atoms with Crippen molar-refractivity contribution in [3.63, 3.8) is 0 Å². The van der Waals surface area contributed by atoms with E-state index in [9.17, 15) is 5.11 Å². The largest absolute Gasteiger partial charge is 0.476 e. The summed E-state index contributed by atoms with van der Waals surface area (Å²) in [6, 6.07) is 3.51. The Hall–Kier alpha value is -1.53. The molecule has 1 heterocycles. The van der Waals surface area contributed by atoms with Crippen LogP contribution in [0.1, 0.15) is 12.8 Å². The van der Waals surface area contributed by atoms with Gasteiger partial charge in [0.2, 0.25) is 5.88 Å². The third-order valence-electron chi connectivity index (χ3n) is 2.92. The van der Waals surface area contributed by atoms with Gasteiger partial charge in [0.25, 0.3) is 0 Å². The number of ether oxygens (including phenoxy) is 2. The first kappa shape index (κ1) is 13.9. The summed E-state index contributed by atoms with van der Waals surface area (Å²) in [5.41, 5.74) is 6.35. The molecule has 1 saturated carbocycles. The van der Waals surface area contributed by atoms with Gasteiger partial charge in [0, 0.05) is 13.7 Å². The van der Waals surface area contributed by atoms with Gasteiger partial charge in [-0.3, -0.25) is 0 Å². The van der Waals surface area contributed by atoms with E-state index in [2.05, 4.69) is 10.3 Å². The molecule has 1 aliphatic rings. The van der Waals surface area contributed by atoms with Crippen LogP contribution in [0.4, 0.5) is 11.5 Å².